The molecule has 2 N–H and O–H groups in total. The van der Waals surface area contributed by atoms with Crippen molar-refractivity contribution in [2.75, 3.05) is 26.4 Å². The lowest BCUT2D eigenvalue weighted by Gasteiger charge is -2.33. The molecular formula is C13H24N2O4S. The van der Waals surface area contributed by atoms with Gasteiger partial charge in [0.05, 0.1) is 37.6 Å². The first-order valence-electron chi connectivity index (χ1n) is 6.62. The summed E-state index contributed by atoms with van der Waals surface area (Å²) < 4.78 is 21.1. The maximum Gasteiger partial charge on any atom is 0.162 e. The van der Waals surface area contributed by atoms with E-state index in [-0.39, 0.29) is 12.1 Å². The Morgan fingerprint density at radius 2 is 1.35 bits per heavy atom. The number of rotatable bonds is 1. The Morgan fingerprint density at radius 3 is 1.70 bits per heavy atom. The number of thiocarbonyl (C=S) groups is 1. The van der Waals surface area contributed by atoms with E-state index in [0.29, 0.717) is 26.4 Å². The van der Waals surface area contributed by atoms with Gasteiger partial charge in [-0.05, 0) is 39.9 Å². The lowest BCUT2D eigenvalue weighted by molar-refractivity contribution is -0.249. The van der Waals surface area contributed by atoms with Crippen LogP contribution in [0, 0.1) is 0 Å². The molecule has 0 bridgehead atoms. The highest BCUT2D eigenvalue weighted by Gasteiger charge is 2.27. The summed E-state index contributed by atoms with van der Waals surface area (Å²) in [6, 6.07) is 0.0820. The average molecular weight is 304 g/mol. The first-order chi connectivity index (χ1) is 9.24. The van der Waals surface area contributed by atoms with Crippen molar-refractivity contribution in [3.05, 3.63) is 0 Å². The molecule has 7 heteroatoms. The van der Waals surface area contributed by atoms with Crippen LogP contribution in [-0.4, -0.2) is 55.2 Å². The minimum Gasteiger partial charge on any atom is -0.349 e. The minimum absolute atomic E-state index is 0.0283. The van der Waals surface area contributed by atoms with Crippen molar-refractivity contribution in [2.45, 2.75) is 51.4 Å². The van der Waals surface area contributed by atoms with Crippen molar-refractivity contribution in [2.24, 2.45) is 10.7 Å². The van der Waals surface area contributed by atoms with E-state index in [2.05, 4.69) is 22.4 Å². The second-order valence-electron chi connectivity index (χ2n) is 5.68. The summed E-state index contributed by atoms with van der Waals surface area (Å²) in [7, 11) is 0. The van der Waals surface area contributed by atoms with Crippen LogP contribution in [0.3, 0.4) is 0 Å². The van der Waals surface area contributed by atoms with Gasteiger partial charge in [0.15, 0.2) is 11.6 Å². The molecule has 20 heavy (non-hydrogen) atoms. The van der Waals surface area contributed by atoms with E-state index in [4.69, 9.17) is 24.7 Å². The summed E-state index contributed by atoms with van der Waals surface area (Å²) in [5, 5.41) is 2.31. The lowest BCUT2D eigenvalue weighted by Crippen LogP contribution is -2.45. The number of isothiocyanates is 1. The molecule has 0 atom stereocenters. The summed E-state index contributed by atoms with van der Waals surface area (Å²) >= 11 is 4.46. The molecule has 2 aliphatic heterocycles. The summed E-state index contributed by atoms with van der Waals surface area (Å²) in [5.74, 6) is -0.886. The fourth-order valence-electron chi connectivity index (χ4n) is 1.54. The molecule has 2 heterocycles. The quantitative estimate of drug-likeness (QED) is 0.582. The van der Waals surface area contributed by atoms with Gasteiger partial charge in [-0.15, -0.1) is 0 Å². The molecule has 2 saturated heterocycles. The summed E-state index contributed by atoms with van der Waals surface area (Å²) in [5.41, 5.74) is 5.51. The van der Waals surface area contributed by atoms with E-state index in [0.717, 1.165) is 0 Å². The zero-order valence-corrected chi connectivity index (χ0v) is 13.4. The maximum absolute atomic E-state index is 5.51. The van der Waals surface area contributed by atoms with E-state index in [1.807, 2.05) is 27.7 Å². The highest BCUT2D eigenvalue weighted by molar-refractivity contribution is 7.78. The van der Waals surface area contributed by atoms with Crippen molar-refractivity contribution < 1.29 is 18.9 Å². The Balaban J connectivity index is 0.000000204. The third-order valence-corrected chi connectivity index (χ3v) is 2.88. The molecule has 2 fully saturated rings. The van der Waals surface area contributed by atoms with Gasteiger partial charge in [-0.2, -0.15) is 0 Å². The third-order valence-electron chi connectivity index (χ3n) is 2.77. The van der Waals surface area contributed by atoms with Crippen molar-refractivity contribution in [3.63, 3.8) is 0 Å². The largest absolute Gasteiger partial charge is 0.349 e. The fraction of sp³-hybridized carbons (Fsp3) is 0.923. The molecule has 0 amide bonds. The van der Waals surface area contributed by atoms with Crippen molar-refractivity contribution in [1.29, 1.82) is 0 Å². The van der Waals surface area contributed by atoms with Crippen LogP contribution in [0.1, 0.15) is 27.7 Å². The van der Waals surface area contributed by atoms with Crippen LogP contribution in [-0.2, 0) is 18.9 Å². The Morgan fingerprint density at radius 1 is 0.950 bits per heavy atom. The first-order valence-corrected chi connectivity index (χ1v) is 7.03. The molecule has 0 radical (unpaired) electrons. The van der Waals surface area contributed by atoms with Gasteiger partial charge in [0.2, 0.25) is 0 Å². The summed E-state index contributed by atoms with van der Waals surface area (Å²) in [6.45, 7) is 9.87. The summed E-state index contributed by atoms with van der Waals surface area (Å²) in [4.78, 5) is 3.86. The Bertz CT molecular complexity index is 336. The first kappa shape index (κ1) is 17.7. The highest BCUT2D eigenvalue weighted by atomic mass is 32.1. The lowest BCUT2D eigenvalue weighted by atomic mass is 10.3. The zero-order valence-electron chi connectivity index (χ0n) is 12.5. The Kier molecular flexibility index (Phi) is 6.68. The van der Waals surface area contributed by atoms with Crippen LogP contribution in [0.25, 0.3) is 0 Å². The molecule has 2 aliphatic rings. The third kappa shape index (κ3) is 6.85. The van der Waals surface area contributed by atoms with Gasteiger partial charge in [-0.3, -0.25) is 0 Å². The SMILES string of the molecule is CC1(C)OCC(N)CO1.CC1(C)OCC(N=C=S)CO1. The molecule has 0 spiro atoms. The molecule has 0 unspecified atom stereocenters. The van der Waals surface area contributed by atoms with Gasteiger partial charge in [0, 0.05) is 0 Å². The number of ether oxygens (including phenoxy) is 4. The smallest absolute Gasteiger partial charge is 0.162 e. The van der Waals surface area contributed by atoms with E-state index in [1.165, 1.54) is 0 Å². The monoisotopic (exact) mass is 304 g/mol. The van der Waals surface area contributed by atoms with Gasteiger partial charge in [-0.25, -0.2) is 4.99 Å². The van der Waals surface area contributed by atoms with Gasteiger partial charge in [0.1, 0.15) is 6.04 Å². The van der Waals surface area contributed by atoms with Gasteiger partial charge in [-0.1, -0.05) is 0 Å². The summed E-state index contributed by atoms with van der Waals surface area (Å²) in [6.07, 6.45) is 0. The topological polar surface area (TPSA) is 75.3 Å². The van der Waals surface area contributed by atoms with Crippen LogP contribution in [0.15, 0.2) is 4.99 Å². The van der Waals surface area contributed by atoms with Crippen molar-refractivity contribution >= 4 is 17.4 Å². The Hall–Kier alpha value is -0.400. The van der Waals surface area contributed by atoms with E-state index in [1.54, 1.807) is 0 Å². The molecule has 0 saturated carbocycles. The van der Waals surface area contributed by atoms with Gasteiger partial charge in [0.25, 0.3) is 0 Å². The van der Waals surface area contributed by atoms with Crippen LogP contribution in [0.4, 0.5) is 0 Å². The van der Waals surface area contributed by atoms with Gasteiger partial charge < -0.3 is 24.7 Å². The number of aliphatic imine (C=N–C) groups is 1. The predicted molar refractivity (Wildman–Crippen MR) is 78.8 cm³/mol. The van der Waals surface area contributed by atoms with E-state index < -0.39 is 11.6 Å². The molecule has 0 aromatic rings. The number of nitrogens with zero attached hydrogens (tertiary/aromatic N) is 1. The minimum atomic E-state index is -0.465. The molecular weight excluding hydrogens is 280 g/mol. The molecule has 0 aromatic heterocycles. The number of hydrogen-bond donors (Lipinski definition) is 1. The molecule has 0 aliphatic carbocycles. The van der Waals surface area contributed by atoms with Crippen LogP contribution < -0.4 is 5.73 Å². The van der Waals surface area contributed by atoms with Gasteiger partial charge >= 0.3 is 0 Å². The predicted octanol–water partition coefficient (Wildman–Crippen LogP) is 1.34. The van der Waals surface area contributed by atoms with Crippen LogP contribution in [0.2, 0.25) is 0 Å². The van der Waals surface area contributed by atoms with Crippen LogP contribution >= 0.6 is 12.2 Å². The van der Waals surface area contributed by atoms with E-state index in [9.17, 15) is 0 Å². The highest BCUT2D eigenvalue weighted by Crippen LogP contribution is 2.18. The molecule has 0 aromatic carbocycles. The fourth-order valence-corrected chi connectivity index (χ4v) is 1.69. The average Bonchev–Trinajstić information content (AvgIpc) is 2.37. The van der Waals surface area contributed by atoms with Crippen molar-refractivity contribution in [3.8, 4) is 0 Å². The number of nitrogens with two attached hydrogens (primary N) is 1. The second-order valence-corrected chi connectivity index (χ2v) is 5.86. The molecule has 116 valence electrons. The van der Waals surface area contributed by atoms with E-state index >= 15 is 0 Å². The normalized spacial score (nSPS) is 26.1. The standard InChI is InChI=1S/C7H11NO2S.C6H13NO2/c1-7(2)9-3-6(4-10-7)8-5-11;1-6(2)8-3-5(7)4-9-6/h6H,3-4H2,1-2H3;5H,3-4,7H2,1-2H3. The number of hydrogen-bond acceptors (Lipinski definition) is 7. The Labute approximate surface area is 125 Å². The second kappa shape index (κ2) is 7.56. The zero-order chi connectivity index (χ0) is 15.2. The molecule has 2 rings (SSSR count). The maximum atomic E-state index is 5.51. The molecule has 6 nitrogen and oxygen atoms in total. The van der Waals surface area contributed by atoms with Crippen LogP contribution in [0.5, 0.6) is 0 Å². The van der Waals surface area contributed by atoms with Crippen molar-refractivity contribution in [1.82, 2.24) is 0 Å².